The average molecular weight is 281 g/mol. The molecule has 0 amide bonds. The van der Waals surface area contributed by atoms with Gasteiger partial charge in [0, 0.05) is 0 Å². The third kappa shape index (κ3) is 24.6. The summed E-state index contributed by atoms with van der Waals surface area (Å²) in [5.74, 6) is 0. The Bertz CT molecular complexity index is 104. The summed E-state index contributed by atoms with van der Waals surface area (Å²) in [4.78, 5) is 10.2. The molecule has 0 N–H and O–H groups in total. The van der Waals surface area contributed by atoms with Crippen LogP contribution in [0.25, 0.3) is 0 Å². The minimum atomic E-state index is -0.215. The molecule has 0 aromatic rings. The third-order valence-corrected chi connectivity index (χ3v) is 0.542. The molecule has 5 heteroatoms. The van der Waals surface area contributed by atoms with Crippen LogP contribution in [-0.4, -0.2) is 11.2 Å². The molecule has 0 unspecified atom stereocenters. The Balaban J connectivity index is 0. The molecule has 0 fully saturated rings. The SMILES string of the molecule is CC(C)(C)OOC(C)(C)C.[Cl][Cu][Cl]. The molecular weight excluding hydrogens is 263 g/mol. The van der Waals surface area contributed by atoms with E-state index in [1.54, 1.807) is 0 Å². The summed E-state index contributed by atoms with van der Waals surface area (Å²) in [5, 5.41) is 0. The van der Waals surface area contributed by atoms with Crippen LogP contribution in [0, 0.1) is 0 Å². The summed E-state index contributed by atoms with van der Waals surface area (Å²) in [6, 6.07) is 0. The Morgan fingerprint density at radius 3 is 1.00 bits per heavy atom. The standard InChI is InChI=1S/C8H18O2.2ClH.Cu/c1-7(2,3)9-10-8(4,5)6;;;/h1-6H3;2*1H;/q;;;+2/p-2. The van der Waals surface area contributed by atoms with Gasteiger partial charge < -0.3 is 0 Å². The first-order valence-corrected chi connectivity index (χ1v) is 6.39. The monoisotopic (exact) mass is 279 g/mol. The van der Waals surface area contributed by atoms with E-state index in [0.717, 1.165) is 13.1 Å². The van der Waals surface area contributed by atoms with Gasteiger partial charge in [-0.3, -0.25) is 0 Å². The van der Waals surface area contributed by atoms with Crippen molar-refractivity contribution in [1.29, 1.82) is 0 Å². The van der Waals surface area contributed by atoms with Crippen molar-refractivity contribution in [2.75, 3.05) is 0 Å². The van der Waals surface area contributed by atoms with Crippen LogP contribution in [0.15, 0.2) is 0 Å². The molecule has 0 saturated heterocycles. The summed E-state index contributed by atoms with van der Waals surface area (Å²) >= 11 is 0.757. The Hall–Kier alpha value is 1.02. The van der Waals surface area contributed by atoms with Gasteiger partial charge in [0.15, 0.2) is 0 Å². The molecule has 0 radical (unpaired) electrons. The quantitative estimate of drug-likeness (QED) is 0.412. The van der Waals surface area contributed by atoms with Crippen LogP contribution < -0.4 is 0 Å². The Kier molecular flexibility index (Phi) is 9.27. The zero-order valence-electron chi connectivity index (χ0n) is 8.87. The third-order valence-electron chi connectivity index (χ3n) is 0.542. The van der Waals surface area contributed by atoms with Gasteiger partial charge in [-0.25, -0.2) is 9.78 Å². The predicted molar refractivity (Wildman–Crippen MR) is 53.4 cm³/mol. The normalized spacial score (nSPS) is 12.3. The fourth-order valence-corrected chi connectivity index (χ4v) is 0.250. The molecule has 0 aliphatic heterocycles. The van der Waals surface area contributed by atoms with Gasteiger partial charge in [0.25, 0.3) is 0 Å². The van der Waals surface area contributed by atoms with Gasteiger partial charge in [-0.1, -0.05) is 0 Å². The van der Waals surface area contributed by atoms with Crippen LogP contribution in [0.5, 0.6) is 0 Å². The van der Waals surface area contributed by atoms with Crippen molar-refractivity contribution in [2.24, 2.45) is 0 Å². The van der Waals surface area contributed by atoms with Crippen molar-refractivity contribution >= 4 is 20.2 Å². The van der Waals surface area contributed by atoms with Gasteiger partial charge in [0.2, 0.25) is 0 Å². The molecule has 0 aliphatic carbocycles. The Morgan fingerprint density at radius 2 is 0.923 bits per heavy atom. The van der Waals surface area contributed by atoms with E-state index in [4.69, 9.17) is 9.78 Å². The van der Waals surface area contributed by atoms with Gasteiger partial charge in [-0.2, -0.15) is 0 Å². The van der Waals surface area contributed by atoms with Crippen LogP contribution in [0.4, 0.5) is 0 Å². The van der Waals surface area contributed by atoms with Crippen LogP contribution in [0.2, 0.25) is 0 Å². The van der Waals surface area contributed by atoms with Gasteiger partial charge in [-0.15, -0.1) is 0 Å². The van der Waals surface area contributed by atoms with Crippen LogP contribution in [0.1, 0.15) is 41.5 Å². The van der Waals surface area contributed by atoms with Crippen LogP contribution >= 0.6 is 20.2 Å². The molecule has 0 saturated carbocycles. The summed E-state index contributed by atoms with van der Waals surface area (Å²) in [5.41, 5.74) is -0.430. The zero-order chi connectivity index (χ0) is 11.1. The van der Waals surface area contributed by atoms with Crippen molar-refractivity contribution in [3.63, 3.8) is 0 Å². The van der Waals surface area contributed by atoms with Crippen molar-refractivity contribution in [1.82, 2.24) is 0 Å². The molecule has 0 rings (SSSR count). The maximum absolute atomic E-state index is 5.09. The molecule has 0 aromatic heterocycles. The second-order valence-corrected chi connectivity index (χ2v) is 5.99. The molecule has 0 aliphatic rings. The molecule has 0 spiro atoms. The zero-order valence-corrected chi connectivity index (χ0v) is 11.3. The molecule has 2 nitrogen and oxygen atoms in total. The van der Waals surface area contributed by atoms with Crippen molar-refractivity contribution in [2.45, 2.75) is 52.7 Å². The average Bonchev–Trinajstić information content (AvgIpc) is 1.82. The molecule has 13 heavy (non-hydrogen) atoms. The van der Waals surface area contributed by atoms with Gasteiger partial charge in [0.1, 0.15) is 0 Å². The maximum atomic E-state index is 5.09. The van der Waals surface area contributed by atoms with Crippen molar-refractivity contribution in [3.8, 4) is 0 Å². The number of hydrogen-bond donors (Lipinski definition) is 0. The molecule has 87 valence electrons. The van der Waals surface area contributed by atoms with Gasteiger partial charge >= 0.3 is 33.3 Å². The van der Waals surface area contributed by atoms with E-state index in [9.17, 15) is 0 Å². The van der Waals surface area contributed by atoms with Crippen LogP contribution in [-0.2, 0) is 22.9 Å². The molecule has 0 heterocycles. The van der Waals surface area contributed by atoms with E-state index in [1.165, 1.54) is 0 Å². The van der Waals surface area contributed by atoms with E-state index in [-0.39, 0.29) is 11.2 Å². The first-order chi connectivity index (χ1) is 5.62. The Morgan fingerprint density at radius 1 is 0.769 bits per heavy atom. The summed E-state index contributed by atoms with van der Waals surface area (Å²) < 4.78 is 0. The predicted octanol–water partition coefficient (Wildman–Crippen LogP) is 3.91. The van der Waals surface area contributed by atoms with Crippen molar-refractivity contribution in [3.05, 3.63) is 0 Å². The van der Waals surface area contributed by atoms with E-state index >= 15 is 0 Å². The van der Waals surface area contributed by atoms with E-state index in [2.05, 4.69) is 20.2 Å². The topological polar surface area (TPSA) is 18.5 Å². The molecule has 0 aromatic carbocycles. The second kappa shape index (κ2) is 7.33. The fourth-order valence-electron chi connectivity index (χ4n) is 0.250. The summed E-state index contributed by atoms with van der Waals surface area (Å²) in [6.45, 7) is 11.7. The van der Waals surface area contributed by atoms with E-state index in [0.29, 0.717) is 0 Å². The fraction of sp³-hybridized carbons (Fsp3) is 1.00. The second-order valence-electron chi connectivity index (χ2n) is 4.43. The molecule has 0 atom stereocenters. The minimum absolute atomic E-state index is 0.215. The van der Waals surface area contributed by atoms with Crippen LogP contribution in [0.3, 0.4) is 0 Å². The van der Waals surface area contributed by atoms with E-state index < -0.39 is 0 Å². The van der Waals surface area contributed by atoms with Crippen molar-refractivity contribution < 1.29 is 22.9 Å². The van der Waals surface area contributed by atoms with Gasteiger partial charge in [0.05, 0.1) is 11.2 Å². The first kappa shape index (κ1) is 16.4. The Labute approximate surface area is 95.8 Å². The molecular formula is C8H18Cl2CuO2. The summed E-state index contributed by atoms with van der Waals surface area (Å²) in [7, 11) is 9.34. The van der Waals surface area contributed by atoms with Gasteiger partial charge in [-0.05, 0) is 41.5 Å². The first-order valence-electron chi connectivity index (χ1n) is 3.80. The summed E-state index contributed by atoms with van der Waals surface area (Å²) in [6.07, 6.45) is 0. The van der Waals surface area contributed by atoms with E-state index in [1.807, 2.05) is 41.5 Å². The molecule has 0 bridgehead atoms. The number of rotatable bonds is 1. The number of hydrogen-bond acceptors (Lipinski definition) is 2. The number of halogens is 2.